The van der Waals surface area contributed by atoms with Gasteiger partial charge in [0.15, 0.2) is 5.65 Å². The number of nitrogens with zero attached hydrogens (tertiary/aromatic N) is 4. The van der Waals surface area contributed by atoms with Crippen molar-refractivity contribution in [1.29, 1.82) is 0 Å². The van der Waals surface area contributed by atoms with E-state index in [1.807, 2.05) is 17.6 Å². The van der Waals surface area contributed by atoms with E-state index in [1.165, 1.54) is 11.3 Å². The van der Waals surface area contributed by atoms with Gasteiger partial charge in [-0.05, 0) is 19.1 Å². The third-order valence-corrected chi connectivity index (χ3v) is 8.22. The van der Waals surface area contributed by atoms with Gasteiger partial charge in [-0.15, -0.1) is 11.3 Å². The Morgan fingerprint density at radius 1 is 1.37 bits per heavy atom. The standard InChI is InChI=1S/C20H21ClN4O3SSi/c1-5-28-20(30(2,3)4)25-10-11(19(26)27)16-18(25)23-9-14(24-16)15-8-13-17(29-15)12(21)6-7-22-13/h6-10,20H,5H2,1-4H3,(H,26,27). The summed E-state index contributed by atoms with van der Waals surface area (Å²) in [6.45, 7) is 8.99. The van der Waals surface area contributed by atoms with Gasteiger partial charge < -0.3 is 14.4 Å². The molecule has 0 aromatic carbocycles. The maximum atomic E-state index is 12.0. The summed E-state index contributed by atoms with van der Waals surface area (Å²) in [6.07, 6.45) is 4.91. The summed E-state index contributed by atoms with van der Waals surface area (Å²) >= 11 is 7.73. The molecule has 1 atom stereocenters. The van der Waals surface area contributed by atoms with Crippen molar-refractivity contribution in [3.05, 3.63) is 41.3 Å². The molecule has 0 aliphatic heterocycles. The summed E-state index contributed by atoms with van der Waals surface area (Å²) < 4.78 is 8.70. The fourth-order valence-corrected chi connectivity index (χ4v) is 6.35. The van der Waals surface area contributed by atoms with Crippen molar-refractivity contribution in [2.75, 3.05) is 6.61 Å². The highest BCUT2D eigenvalue weighted by molar-refractivity contribution is 7.22. The molecule has 0 fully saturated rings. The third-order valence-electron chi connectivity index (χ3n) is 4.69. The first-order valence-electron chi connectivity index (χ1n) is 9.47. The van der Waals surface area contributed by atoms with Crippen LogP contribution in [0.4, 0.5) is 0 Å². The summed E-state index contributed by atoms with van der Waals surface area (Å²) in [5.74, 6) is -1.29. The Morgan fingerprint density at radius 2 is 2.13 bits per heavy atom. The largest absolute Gasteiger partial charge is 0.478 e. The number of rotatable bonds is 6. The van der Waals surface area contributed by atoms with Crippen LogP contribution in [0, 0.1) is 0 Å². The van der Waals surface area contributed by atoms with Crippen LogP contribution < -0.4 is 0 Å². The Morgan fingerprint density at radius 3 is 2.77 bits per heavy atom. The number of fused-ring (bicyclic) bond motifs is 2. The minimum absolute atomic E-state index is 0.111. The Labute approximate surface area is 183 Å². The van der Waals surface area contributed by atoms with Crippen LogP contribution in [0.25, 0.3) is 32.0 Å². The molecule has 1 unspecified atom stereocenters. The van der Waals surface area contributed by atoms with Crippen LogP contribution in [0.1, 0.15) is 23.1 Å². The SMILES string of the molecule is CCOC(n1cc(C(=O)O)c2nc(-c3cc4nccc(Cl)c4s3)cnc21)[Si](C)(C)C. The maximum absolute atomic E-state index is 12.0. The number of pyridine rings is 1. The van der Waals surface area contributed by atoms with Gasteiger partial charge in [0, 0.05) is 19.0 Å². The van der Waals surface area contributed by atoms with E-state index < -0.39 is 14.0 Å². The van der Waals surface area contributed by atoms with E-state index in [2.05, 4.69) is 34.6 Å². The Kier molecular flexibility index (Phi) is 5.39. The number of carboxylic acids is 1. The van der Waals surface area contributed by atoms with Gasteiger partial charge in [0.25, 0.3) is 0 Å². The molecule has 4 heterocycles. The number of thiophene rings is 1. The van der Waals surface area contributed by atoms with Gasteiger partial charge >= 0.3 is 5.97 Å². The minimum Gasteiger partial charge on any atom is -0.478 e. The summed E-state index contributed by atoms with van der Waals surface area (Å²) in [5, 5.41) is 10.4. The molecule has 7 nitrogen and oxygen atoms in total. The lowest BCUT2D eigenvalue weighted by atomic mass is 10.3. The van der Waals surface area contributed by atoms with Crippen LogP contribution in [0.15, 0.2) is 30.7 Å². The molecule has 4 aromatic rings. The second-order valence-corrected chi connectivity index (χ2v) is 14.7. The highest BCUT2D eigenvalue weighted by atomic mass is 35.5. The van der Waals surface area contributed by atoms with Crippen molar-refractivity contribution in [3.63, 3.8) is 0 Å². The number of carbonyl (C=O) groups is 1. The highest BCUT2D eigenvalue weighted by Crippen LogP contribution is 2.36. The summed E-state index contributed by atoms with van der Waals surface area (Å²) in [4.78, 5) is 26.4. The van der Waals surface area contributed by atoms with E-state index >= 15 is 0 Å². The van der Waals surface area contributed by atoms with Gasteiger partial charge in [0.1, 0.15) is 25.0 Å². The summed E-state index contributed by atoms with van der Waals surface area (Å²) in [6, 6.07) is 3.64. The van der Waals surface area contributed by atoms with Crippen molar-refractivity contribution in [1.82, 2.24) is 19.5 Å². The quantitative estimate of drug-likeness (QED) is 0.383. The van der Waals surface area contributed by atoms with Crippen molar-refractivity contribution in [2.24, 2.45) is 0 Å². The Balaban J connectivity index is 1.91. The normalized spacial score (nSPS) is 13.2. The van der Waals surface area contributed by atoms with E-state index in [0.29, 0.717) is 28.5 Å². The molecule has 1 N–H and O–H groups in total. The average Bonchev–Trinajstić information content (AvgIpc) is 3.27. The molecule has 4 rings (SSSR count). The smallest absolute Gasteiger partial charge is 0.339 e. The van der Waals surface area contributed by atoms with Gasteiger partial charge in [-0.1, -0.05) is 31.2 Å². The van der Waals surface area contributed by atoms with Gasteiger partial charge in [-0.2, -0.15) is 0 Å². The van der Waals surface area contributed by atoms with E-state index in [4.69, 9.17) is 16.3 Å². The minimum atomic E-state index is -1.83. The highest BCUT2D eigenvalue weighted by Gasteiger charge is 2.32. The van der Waals surface area contributed by atoms with Crippen molar-refractivity contribution >= 4 is 58.4 Å². The molecule has 0 amide bonds. The first-order chi connectivity index (χ1) is 14.2. The van der Waals surface area contributed by atoms with Crippen molar-refractivity contribution in [2.45, 2.75) is 32.4 Å². The molecule has 0 aliphatic rings. The Hall–Kier alpha value is -2.33. The van der Waals surface area contributed by atoms with E-state index in [0.717, 1.165) is 15.1 Å². The van der Waals surface area contributed by atoms with Gasteiger partial charge in [0.05, 0.1) is 32.0 Å². The van der Waals surface area contributed by atoms with E-state index in [-0.39, 0.29) is 11.4 Å². The van der Waals surface area contributed by atoms with Crippen LogP contribution in [-0.4, -0.2) is 45.3 Å². The summed E-state index contributed by atoms with van der Waals surface area (Å²) in [7, 11) is -1.83. The lowest BCUT2D eigenvalue weighted by molar-refractivity contribution is 0.0652. The first-order valence-corrected chi connectivity index (χ1v) is 14.2. The van der Waals surface area contributed by atoms with Gasteiger partial charge in [0.2, 0.25) is 0 Å². The fourth-order valence-electron chi connectivity index (χ4n) is 3.41. The molecule has 30 heavy (non-hydrogen) atoms. The number of hydrogen-bond acceptors (Lipinski definition) is 6. The molecular formula is C20H21ClN4O3SSi. The molecule has 0 radical (unpaired) electrons. The molecule has 156 valence electrons. The number of ether oxygens (including phenoxy) is 1. The molecule has 10 heteroatoms. The van der Waals surface area contributed by atoms with Crippen LogP contribution in [0.3, 0.4) is 0 Å². The second-order valence-electron chi connectivity index (χ2n) is 7.97. The predicted octanol–water partition coefficient (Wildman–Crippen LogP) is 5.47. The zero-order valence-electron chi connectivity index (χ0n) is 17.0. The summed E-state index contributed by atoms with van der Waals surface area (Å²) in [5.41, 5.74) is 2.33. The van der Waals surface area contributed by atoms with Gasteiger partial charge in [-0.25, -0.2) is 14.8 Å². The molecule has 0 aliphatic carbocycles. The molecule has 0 saturated carbocycles. The first kappa shape index (κ1) is 20.9. The topological polar surface area (TPSA) is 90.1 Å². The molecule has 0 bridgehead atoms. The zero-order chi connectivity index (χ0) is 21.6. The van der Waals surface area contributed by atoms with E-state index in [1.54, 1.807) is 24.7 Å². The number of aromatic carboxylic acids is 1. The predicted molar refractivity (Wildman–Crippen MR) is 122 cm³/mol. The Bertz CT molecular complexity index is 1260. The number of carboxylic acid groups (broad SMARTS) is 1. The lowest BCUT2D eigenvalue weighted by Crippen LogP contribution is -2.37. The fraction of sp³-hybridized carbons (Fsp3) is 0.300. The van der Waals surface area contributed by atoms with Crippen LogP contribution in [0.2, 0.25) is 24.7 Å². The van der Waals surface area contributed by atoms with Crippen molar-refractivity contribution in [3.8, 4) is 10.6 Å². The molecule has 0 saturated heterocycles. The second kappa shape index (κ2) is 7.73. The average molecular weight is 461 g/mol. The zero-order valence-corrected chi connectivity index (χ0v) is 19.6. The number of halogens is 1. The van der Waals surface area contributed by atoms with E-state index in [9.17, 15) is 9.90 Å². The number of hydrogen-bond donors (Lipinski definition) is 1. The van der Waals surface area contributed by atoms with Crippen LogP contribution in [-0.2, 0) is 4.74 Å². The molecule has 4 aromatic heterocycles. The lowest BCUT2D eigenvalue weighted by Gasteiger charge is -2.30. The number of aromatic nitrogens is 4. The monoisotopic (exact) mass is 460 g/mol. The third kappa shape index (κ3) is 3.62. The van der Waals surface area contributed by atoms with Crippen LogP contribution in [0.5, 0.6) is 0 Å². The molecule has 0 spiro atoms. The van der Waals surface area contributed by atoms with Crippen molar-refractivity contribution < 1.29 is 14.6 Å². The maximum Gasteiger partial charge on any atom is 0.339 e. The van der Waals surface area contributed by atoms with Crippen LogP contribution >= 0.6 is 22.9 Å². The van der Waals surface area contributed by atoms with Gasteiger partial charge in [-0.3, -0.25) is 4.98 Å². The molecular weight excluding hydrogens is 440 g/mol.